The van der Waals surface area contributed by atoms with Crippen LogP contribution in [0.4, 0.5) is 11.6 Å². The van der Waals surface area contributed by atoms with E-state index in [0.29, 0.717) is 0 Å². The van der Waals surface area contributed by atoms with Gasteiger partial charge in [0.25, 0.3) is 0 Å². The van der Waals surface area contributed by atoms with Crippen LogP contribution < -0.4 is 10.2 Å². The van der Waals surface area contributed by atoms with Gasteiger partial charge >= 0.3 is 0 Å². The molecular weight excluding hydrogens is 250 g/mol. The molecule has 0 aromatic carbocycles. The molecule has 0 bridgehead atoms. The van der Waals surface area contributed by atoms with E-state index in [-0.39, 0.29) is 0 Å². The molecule has 0 aliphatic heterocycles. The Morgan fingerprint density at radius 2 is 1.65 bits per heavy atom. The van der Waals surface area contributed by atoms with Crippen LogP contribution in [-0.2, 0) is 0 Å². The number of rotatable bonds is 10. The Bertz CT molecular complexity index is 344. The van der Waals surface area contributed by atoms with Crippen molar-refractivity contribution in [3.63, 3.8) is 0 Å². The normalized spacial score (nSPS) is 10.8. The molecule has 0 spiro atoms. The van der Waals surface area contributed by atoms with E-state index >= 15 is 0 Å². The van der Waals surface area contributed by atoms with Gasteiger partial charge in [-0.3, -0.25) is 0 Å². The van der Waals surface area contributed by atoms with Crippen LogP contribution in [-0.4, -0.2) is 54.4 Å². The van der Waals surface area contributed by atoms with Crippen molar-refractivity contribution in [1.82, 2.24) is 15.1 Å². The minimum atomic E-state index is 0.862. The van der Waals surface area contributed by atoms with Crippen LogP contribution in [0.5, 0.6) is 0 Å². The third-order valence-corrected chi connectivity index (χ3v) is 3.59. The van der Waals surface area contributed by atoms with Gasteiger partial charge in [-0.05, 0) is 52.0 Å². The Labute approximate surface area is 123 Å². The molecule has 0 aliphatic rings. The largest absolute Gasteiger partial charge is 0.369 e. The molecule has 0 fully saturated rings. The van der Waals surface area contributed by atoms with Crippen molar-refractivity contribution < 1.29 is 0 Å². The fourth-order valence-corrected chi connectivity index (χ4v) is 2.19. The molecule has 1 heterocycles. The van der Waals surface area contributed by atoms with Crippen LogP contribution in [0.25, 0.3) is 0 Å². The van der Waals surface area contributed by atoms with Crippen molar-refractivity contribution in [2.45, 2.75) is 34.1 Å². The molecule has 0 aliphatic carbocycles. The van der Waals surface area contributed by atoms with E-state index in [0.717, 1.165) is 57.3 Å². The lowest BCUT2D eigenvalue weighted by Crippen LogP contribution is -2.25. The summed E-state index contributed by atoms with van der Waals surface area (Å²) in [5.41, 5.74) is 0. The highest BCUT2D eigenvalue weighted by Gasteiger charge is 2.04. The molecule has 1 aromatic heterocycles. The maximum Gasteiger partial charge on any atom is 0.151 e. The number of aromatic nitrogens is 2. The summed E-state index contributed by atoms with van der Waals surface area (Å²) < 4.78 is 0. The van der Waals surface area contributed by atoms with Gasteiger partial charge in [0.15, 0.2) is 5.82 Å². The van der Waals surface area contributed by atoms with Crippen molar-refractivity contribution in [3.8, 4) is 0 Å². The zero-order chi connectivity index (χ0) is 14.8. The van der Waals surface area contributed by atoms with Crippen LogP contribution in [0.1, 0.15) is 34.1 Å². The van der Waals surface area contributed by atoms with Crippen molar-refractivity contribution in [1.29, 1.82) is 0 Å². The SMILES string of the molecule is CCN(CC)CCCNc1ccc(N(CC)CC)nn1. The summed E-state index contributed by atoms with van der Waals surface area (Å²) in [5.74, 6) is 1.81. The van der Waals surface area contributed by atoms with Crippen LogP contribution in [0.15, 0.2) is 12.1 Å². The van der Waals surface area contributed by atoms with Gasteiger partial charge in [-0.25, -0.2) is 0 Å². The number of anilines is 2. The lowest BCUT2D eigenvalue weighted by molar-refractivity contribution is 0.303. The summed E-state index contributed by atoms with van der Waals surface area (Å²) in [6, 6.07) is 4.05. The molecule has 20 heavy (non-hydrogen) atoms. The fraction of sp³-hybridized carbons (Fsp3) is 0.733. The molecule has 5 heteroatoms. The molecule has 114 valence electrons. The summed E-state index contributed by atoms with van der Waals surface area (Å²) in [6.07, 6.45) is 1.13. The van der Waals surface area contributed by atoms with Crippen molar-refractivity contribution in [2.24, 2.45) is 0 Å². The molecule has 0 saturated heterocycles. The van der Waals surface area contributed by atoms with Gasteiger partial charge in [-0.2, -0.15) is 0 Å². The highest BCUT2D eigenvalue weighted by Crippen LogP contribution is 2.10. The fourth-order valence-electron chi connectivity index (χ4n) is 2.19. The molecule has 1 N–H and O–H groups in total. The highest BCUT2D eigenvalue weighted by atomic mass is 15.3. The van der Waals surface area contributed by atoms with Gasteiger partial charge in [0.2, 0.25) is 0 Å². The zero-order valence-corrected chi connectivity index (χ0v) is 13.4. The van der Waals surface area contributed by atoms with Crippen molar-refractivity contribution >= 4 is 11.6 Å². The standard InChI is InChI=1S/C15H29N5/c1-5-19(6-2)13-9-12-16-14-10-11-15(18-17-14)20(7-3)8-4/h10-11H,5-9,12-13H2,1-4H3,(H,16,17). The first kappa shape index (κ1) is 16.7. The van der Waals surface area contributed by atoms with Gasteiger partial charge in [0, 0.05) is 19.6 Å². The second-order valence-electron chi connectivity index (χ2n) is 4.76. The first-order valence-corrected chi connectivity index (χ1v) is 7.79. The van der Waals surface area contributed by atoms with Crippen LogP contribution in [0.2, 0.25) is 0 Å². The lowest BCUT2D eigenvalue weighted by atomic mass is 10.3. The summed E-state index contributed by atoms with van der Waals surface area (Å²) in [5, 5.41) is 11.8. The summed E-state index contributed by atoms with van der Waals surface area (Å²) in [6.45, 7) is 14.9. The Hall–Kier alpha value is -1.36. The number of hydrogen-bond acceptors (Lipinski definition) is 5. The Kier molecular flexibility index (Phi) is 7.95. The number of hydrogen-bond donors (Lipinski definition) is 1. The highest BCUT2D eigenvalue weighted by molar-refractivity contribution is 5.43. The first-order chi connectivity index (χ1) is 9.74. The summed E-state index contributed by atoms with van der Waals surface area (Å²) >= 11 is 0. The summed E-state index contributed by atoms with van der Waals surface area (Å²) in [4.78, 5) is 4.62. The predicted molar refractivity (Wildman–Crippen MR) is 86.5 cm³/mol. The van der Waals surface area contributed by atoms with Gasteiger partial charge < -0.3 is 15.1 Å². The Morgan fingerprint density at radius 3 is 2.15 bits per heavy atom. The van der Waals surface area contributed by atoms with E-state index in [1.165, 1.54) is 0 Å². The van der Waals surface area contributed by atoms with E-state index < -0.39 is 0 Å². The van der Waals surface area contributed by atoms with E-state index in [1.807, 2.05) is 12.1 Å². The minimum Gasteiger partial charge on any atom is -0.369 e. The van der Waals surface area contributed by atoms with Crippen LogP contribution >= 0.6 is 0 Å². The monoisotopic (exact) mass is 279 g/mol. The minimum absolute atomic E-state index is 0.862. The van der Waals surface area contributed by atoms with E-state index in [9.17, 15) is 0 Å². The quantitative estimate of drug-likeness (QED) is 0.667. The Balaban J connectivity index is 2.35. The van der Waals surface area contributed by atoms with Gasteiger partial charge in [-0.1, -0.05) is 13.8 Å². The molecule has 0 saturated carbocycles. The number of nitrogens with zero attached hydrogens (tertiary/aromatic N) is 4. The van der Waals surface area contributed by atoms with E-state index in [2.05, 4.69) is 53.0 Å². The third kappa shape index (κ3) is 5.33. The van der Waals surface area contributed by atoms with Crippen LogP contribution in [0, 0.1) is 0 Å². The molecule has 0 amide bonds. The second-order valence-corrected chi connectivity index (χ2v) is 4.76. The number of nitrogens with one attached hydrogen (secondary N) is 1. The maximum atomic E-state index is 4.27. The van der Waals surface area contributed by atoms with Gasteiger partial charge in [0.1, 0.15) is 5.82 Å². The second kappa shape index (κ2) is 9.53. The average Bonchev–Trinajstić information content (AvgIpc) is 2.50. The molecule has 0 radical (unpaired) electrons. The molecular formula is C15H29N5. The maximum absolute atomic E-state index is 4.27. The van der Waals surface area contributed by atoms with Crippen molar-refractivity contribution in [2.75, 3.05) is 49.5 Å². The molecule has 1 aromatic rings. The molecule has 1 rings (SSSR count). The van der Waals surface area contributed by atoms with E-state index in [4.69, 9.17) is 0 Å². The first-order valence-electron chi connectivity index (χ1n) is 7.79. The zero-order valence-electron chi connectivity index (χ0n) is 13.4. The molecule has 0 unspecified atom stereocenters. The van der Waals surface area contributed by atoms with E-state index in [1.54, 1.807) is 0 Å². The smallest absolute Gasteiger partial charge is 0.151 e. The van der Waals surface area contributed by atoms with Crippen LogP contribution in [0.3, 0.4) is 0 Å². The molecule has 5 nitrogen and oxygen atoms in total. The molecule has 0 atom stereocenters. The topological polar surface area (TPSA) is 44.3 Å². The predicted octanol–water partition coefficient (Wildman–Crippen LogP) is 2.47. The average molecular weight is 279 g/mol. The van der Waals surface area contributed by atoms with Gasteiger partial charge in [-0.15, -0.1) is 10.2 Å². The third-order valence-electron chi connectivity index (χ3n) is 3.59. The van der Waals surface area contributed by atoms with Gasteiger partial charge in [0.05, 0.1) is 0 Å². The summed E-state index contributed by atoms with van der Waals surface area (Å²) in [7, 11) is 0. The van der Waals surface area contributed by atoms with Crippen molar-refractivity contribution in [3.05, 3.63) is 12.1 Å². The Morgan fingerprint density at radius 1 is 0.950 bits per heavy atom. The lowest BCUT2D eigenvalue weighted by Gasteiger charge is -2.19.